The highest BCUT2D eigenvalue weighted by molar-refractivity contribution is 5.87. The standard InChI is InChI=1S/C24H16FNO2/c25-21-7-3-1-6-17(21)22-13-19(16-5-2-4-8-23(16)28)20-11-14-9-10-15(27)12-18(14)24(20)26-22/h1-10,12-13,27-28H,11H2. The van der Waals surface area contributed by atoms with Gasteiger partial charge >= 0.3 is 0 Å². The molecule has 1 aromatic heterocycles. The van der Waals surface area contributed by atoms with Gasteiger partial charge in [0.1, 0.15) is 17.3 Å². The van der Waals surface area contributed by atoms with Crippen molar-refractivity contribution in [2.24, 2.45) is 0 Å². The summed E-state index contributed by atoms with van der Waals surface area (Å²) in [5.41, 5.74) is 5.94. The van der Waals surface area contributed by atoms with E-state index in [-0.39, 0.29) is 17.3 Å². The number of fused-ring (bicyclic) bond motifs is 3. The first-order valence-corrected chi connectivity index (χ1v) is 9.01. The Morgan fingerprint density at radius 3 is 2.29 bits per heavy atom. The summed E-state index contributed by atoms with van der Waals surface area (Å²) in [5, 5.41) is 20.4. The van der Waals surface area contributed by atoms with Crippen molar-refractivity contribution in [3.8, 4) is 45.1 Å². The zero-order chi connectivity index (χ0) is 19.3. The quantitative estimate of drug-likeness (QED) is 0.430. The van der Waals surface area contributed by atoms with E-state index in [0.717, 1.165) is 22.3 Å². The number of para-hydroxylation sites is 1. The van der Waals surface area contributed by atoms with Crippen molar-refractivity contribution in [2.45, 2.75) is 6.42 Å². The van der Waals surface area contributed by atoms with Crippen LogP contribution in [0.25, 0.3) is 33.6 Å². The van der Waals surface area contributed by atoms with Crippen LogP contribution in [-0.2, 0) is 6.42 Å². The highest BCUT2D eigenvalue weighted by atomic mass is 19.1. The molecule has 28 heavy (non-hydrogen) atoms. The molecule has 0 unspecified atom stereocenters. The molecular formula is C24H16FNO2. The third-order valence-corrected chi connectivity index (χ3v) is 5.18. The maximum absolute atomic E-state index is 14.5. The van der Waals surface area contributed by atoms with Crippen molar-refractivity contribution in [1.29, 1.82) is 0 Å². The van der Waals surface area contributed by atoms with Gasteiger partial charge in [0.25, 0.3) is 0 Å². The van der Waals surface area contributed by atoms with Crippen LogP contribution >= 0.6 is 0 Å². The Balaban J connectivity index is 1.83. The van der Waals surface area contributed by atoms with Crippen molar-refractivity contribution in [2.75, 3.05) is 0 Å². The molecule has 5 rings (SSSR count). The average molecular weight is 369 g/mol. The lowest BCUT2D eigenvalue weighted by molar-refractivity contribution is 0.475. The largest absolute Gasteiger partial charge is 0.508 e. The minimum atomic E-state index is -0.354. The molecule has 1 aliphatic rings. The normalized spacial score (nSPS) is 11.9. The van der Waals surface area contributed by atoms with E-state index in [2.05, 4.69) is 0 Å². The van der Waals surface area contributed by atoms with Crippen LogP contribution in [-0.4, -0.2) is 15.2 Å². The summed E-state index contributed by atoms with van der Waals surface area (Å²) < 4.78 is 14.5. The molecule has 0 aliphatic heterocycles. The van der Waals surface area contributed by atoms with Gasteiger partial charge in [0.2, 0.25) is 0 Å². The Morgan fingerprint density at radius 2 is 1.50 bits per heavy atom. The van der Waals surface area contributed by atoms with Crippen molar-refractivity contribution >= 4 is 0 Å². The van der Waals surface area contributed by atoms with Crippen LogP contribution in [0, 0.1) is 5.82 Å². The van der Waals surface area contributed by atoms with Gasteiger partial charge in [-0.25, -0.2) is 9.37 Å². The fourth-order valence-corrected chi connectivity index (χ4v) is 3.85. The molecule has 0 saturated heterocycles. The number of aromatic hydroxyl groups is 2. The van der Waals surface area contributed by atoms with Crippen LogP contribution in [0.1, 0.15) is 11.1 Å². The molecular weight excluding hydrogens is 353 g/mol. The van der Waals surface area contributed by atoms with E-state index in [9.17, 15) is 14.6 Å². The molecule has 136 valence electrons. The summed E-state index contributed by atoms with van der Waals surface area (Å²) in [5.74, 6) is -0.0321. The van der Waals surface area contributed by atoms with E-state index in [0.29, 0.717) is 28.9 Å². The zero-order valence-corrected chi connectivity index (χ0v) is 14.9. The molecule has 0 radical (unpaired) electrons. The highest BCUT2D eigenvalue weighted by Gasteiger charge is 2.26. The molecule has 0 fully saturated rings. The van der Waals surface area contributed by atoms with E-state index in [1.807, 2.05) is 24.3 Å². The van der Waals surface area contributed by atoms with Gasteiger partial charge in [-0.3, -0.25) is 0 Å². The molecule has 2 N–H and O–H groups in total. The summed E-state index contributed by atoms with van der Waals surface area (Å²) in [6.45, 7) is 0. The SMILES string of the molecule is Oc1ccc2c(c1)-c1nc(-c3ccccc3F)cc(-c3ccccc3O)c1C2. The Labute approximate surface area is 161 Å². The maximum atomic E-state index is 14.5. The van der Waals surface area contributed by atoms with Crippen LogP contribution in [0.4, 0.5) is 4.39 Å². The Hall–Kier alpha value is -3.66. The molecule has 0 amide bonds. The Bertz CT molecular complexity index is 1230. The number of pyridine rings is 1. The molecule has 1 heterocycles. The number of nitrogens with zero attached hydrogens (tertiary/aromatic N) is 1. The predicted molar refractivity (Wildman–Crippen MR) is 107 cm³/mol. The number of aromatic nitrogens is 1. The average Bonchev–Trinajstić information content (AvgIpc) is 3.06. The van der Waals surface area contributed by atoms with E-state index in [4.69, 9.17) is 4.98 Å². The Kier molecular flexibility index (Phi) is 3.66. The van der Waals surface area contributed by atoms with Crippen LogP contribution < -0.4 is 0 Å². The minimum Gasteiger partial charge on any atom is -0.508 e. The van der Waals surface area contributed by atoms with Gasteiger partial charge in [-0.2, -0.15) is 0 Å². The second-order valence-corrected chi connectivity index (χ2v) is 6.90. The van der Waals surface area contributed by atoms with Gasteiger partial charge in [-0.1, -0.05) is 36.4 Å². The van der Waals surface area contributed by atoms with Gasteiger partial charge in [-0.15, -0.1) is 0 Å². The van der Waals surface area contributed by atoms with Crippen molar-refractivity contribution in [1.82, 2.24) is 4.98 Å². The third kappa shape index (κ3) is 2.54. The number of phenols is 2. The highest BCUT2D eigenvalue weighted by Crippen LogP contribution is 2.45. The summed E-state index contributed by atoms with van der Waals surface area (Å²) >= 11 is 0. The Morgan fingerprint density at radius 1 is 0.750 bits per heavy atom. The molecule has 1 aliphatic carbocycles. The first-order chi connectivity index (χ1) is 13.6. The number of hydrogen-bond acceptors (Lipinski definition) is 3. The summed E-state index contributed by atoms with van der Waals surface area (Å²) in [6, 6.07) is 20.7. The van der Waals surface area contributed by atoms with Gasteiger partial charge in [0.05, 0.1) is 11.4 Å². The lowest BCUT2D eigenvalue weighted by Crippen LogP contribution is -1.96. The van der Waals surface area contributed by atoms with Crippen LogP contribution in [0.5, 0.6) is 11.5 Å². The first kappa shape index (κ1) is 16.5. The smallest absolute Gasteiger partial charge is 0.132 e. The lowest BCUT2D eigenvalue weighted by atomic mass is 9.95. The minimum absolute atomic E-state index is 0.161. The van der Waals surface area contributed by atoms with Crippen LogP contribution in [0.2, 0.25) is 0 Å². The van der Waals surface area contributed by atoms with Crippen LogP contribution in [0.3, 0.4) is 0 Å². The number of rotatable bonds is 2. The molecule has 3 aromatic carbocycles. The summed E-state index contributed by atoms with van der Waals surface area (Å²) in [4.78, 5) is 4.75. The van der Waals surface area contributed by atoms with E-state index >= 15 is 0 Å². The molecule has 4 aromatic rings. The number of benzene rings is 3. The lowest BCUT2D eigenvalue weighted by Gasteiger charge is -2.13. The zero-order valence-electron chi connectivity index (χ0n) is 14.9. The fourth-order valence-electron chi connectivity index (χ4n) is 3.85. The summed E-state index contributed by atoms with van der Waals surface area (Å²) in [7, 11) is 0. The van der Waals surface area contributed by atoms with Crippen LogP contribution in [0.15, 0.2) is 72.8 Å². The number of hydrogen-bond donors (Lipinski definition) is 2. The van der Waals surface area contributed by atoms with Crippen molar-refractivity contribution in [3.63, 3.8) is 0 Å². The second kappa shape index (κ2) is 6.20. The number of halogens is 1. The van der Waals surface area contributed by atoms with Gasteiger partial charge < -0.3 is 10.2 Å². The van der Waals surface area contributed by atoms with E-state index in [1.54, 1.807) is 42.5 Å². The number of phenolic OH excluding ortho intramolecular Hbond substituents is 2. The second-order valence-electron chi connectivity index (χ2n) is 6.90. The van der Waals surface area contributed by atoms with Gasteiger partial charge in [0, 0.05) is 23.1 Å². The first-order valence-electron chi connectivity index (χ1n) is 9.01. The third-order valence-electron chi connectivity index (χ3n) is 5.18. The van der Waals surface area contributed by atoms with Crippen molar-refractivity contribution < 1.29 is 14.6 Å². The molecule has 4 heteroatoms. The molecule has 0 spiro atoms. The molecule has 0 bridgehead atoms. The topological polar surface area (TPSA) is 53.4 Å². The summed E-state index contributed by atoms with van der Waals surface area (Å²) in [6.07, 6.45) is 0.638. The fraction of sp³-hybridized carbons (Fsp3) is 0.0417. The maximum Gasteiger partial charge on any atom is 0.132 e. The molecule has 0 atom stereocenters. The van der Waals surface area contributed by atoms with Gasteiger partial charge in [-0.05, 0) is 53.1 Å². The van der Waals surface area contributed by atoms with E-state index in [1.165, 1.54) is 6.07 Å². The van der Waals surface area contributed by atoms with Gasteiger partial charge in [0.15, 0.2) is 0 Å². The molecule has 3 nitrogen and oxygen atoms in total. The predicted octanol–water partition coefficient (Wildman–Crippen LogP) is 5.54. The monoisotopic (exact) mass is 369 g/mol. The van der Waals surface area contributed by atoms with E-state index < -0.39 is 0 Å². The van der Waals surface area contributed by atoms with Crippen molar-refractivity contribution in [3.05, 3.63) is 89.7 Å². The molecule has 0 saturated carbocycles.